The Morgan fingerprint density at radius 2 is 2.29 bits per heavy atom. The first-order valence-electron chi connectivity index (χ1n) is 7.33. The van der Waals surface area contributed by atoms with Gasteiger partial charge in [0.15, 0.2) is 0 Å². The summed E-state index contributed by atoms with van der Waals surface area (Å²) in [5.74, 6) is 0.493. The number of hydrogen-bond donors (Lipinski definition) is 3. The Kier molecular flexibility index (Phi) is 4.22. The van der Waals surface area contributed by atoms with Crippen molar-refractivity contribution in [1.82, 2.24) is 10.3 Å². The highest BCUT2D eigenvalue weighted by atomic mass is 16.5. The number of carbonyl (C=O) groups is 1. The number of aliphatic hydroxyl groups is 1. The van der Waals surface area contributed by atoms with Crippen LogP contribution in [0.3, 0.4) is 0 Å². The number of aliphatic hydroxyl groups excluding tert-OH is 1. The van der Waals surface area contributed by atoms with Gasteiger partial charge < -0.3 is 20.1 Å². The fourth-order valence-electron chi connectivity index (χ4n) is 2.22. The molecule has 0 radical (unpaired) electrons. The van der Waals surface area contributed by atoms with Gasteiger partial charge in [-0.2, -0.15) is 0 Å². The first-order chi connectivity index (χ1) is 10.2. The second kappa shape index (κ2) is 6.28. The van der Waals surface area contributed by atoms with Crippen LogP contribution < -0.4 is 5.32 Å². The fourth-order valence-corrected chi connectivity index (χ4v) is 2.22. The van der Waals surface area contributed by atoms with Crippen molar-refractivity contribution in [2.24, 2.45) is 5.92 Å². The molecule has 1 saturated carbocycles. The SMILES string of the molecule is O=C(NCC(O)COCC1CC1)c1ccc2cc[nH]c2c1. The molecule has 0 saturated heterocycles. The average Bonchev–Trinajstić information content (AvgIpc) is 3.19. The van der Waals surface area contributed by atoms with Crippen LogP contribution in [0.1, 0.15) is 23.2 Å². The summed E-state index contributed by atoms with van der Waals surface area (Å²) < 4.78 is 5.40. The lowest BCUT2D eigenvalue weighted by Crippen LogP contribution is -2.34. The van der Waals surface area contributed by atoms with Crippen molar-refractivity contribution in [2.75, 3.05) is 19.8 Å². The summed E-state index contributed by atoms with van der Waals surface area (Å²) >= 11 is 0. The summed E-state index contributed by atoms with van der Waals surface area (Å²) in [4.78, 5) is 15.1. The molecule has 1 heterocycles. The molecule has 1 aromatic carbocycles. The van der Waals surface area contributed by atoms with Gasteiger partial charge in [-0.3, -0.25) is 4.79 Å². The number of ether oxygens (including phenoxy) is 1. The number of aromatic nitrogens is 1. The smallest absolute Gasteiger partial charge is 0.251 e. The number of aromatic amines is 1. The molecular formula is C16H20N2O3. The second-order valence-corrected chi connectivity index (χ2v) is 5.62. The number of H-pyrrole nitrogens is 1. The molecule has 21 heavy (non-hydrogen) atoms. The first kappa shape index (κ1) is 14.1. The number of amides is 1. The topological polar surface area (TPSA) is 74.3 Å². The highest BCUT2D eigenvalue weighted by Gasteiger charge is 2.21. The van der Waals surface area contributed by atoms with Gasteiger partial charge in [0.05, 0.1) is 12.7 Å². The van der Waals surface area contributed by atoms with E-state index in [1.807, 2.05) is 18.3 Å². The summed E-state index contributed by atoms with van der Waals surface area (Å²) in [5, 5.41) is 13.6. The predicted octanol–water partition coefficient (Wildman–Crippen LogP) is 1.69. The predicted molar refractivity (Wildman–Crippen MR) is 80.2 cm³/mol. The van der Waals surface area contributed by atoms with Gasteiger partial charge in [0.1, 0.15) is 0 Å². The fraction of sp³-hybridized carbons (Fsp3) is 0.438. The highest BCUT2D eigenvalue weighted by molar-refractivity contribution is 5.97. The van der Waals surface area contributed by atoms with Gasteiger partial charge in [-0.25, -0.2) is 0 Å². The van der Waals surface area contributed by atoms with Crippen molar-refractivity contribution in [3.05, 3.63) is 36.0 Å². The molecule has 1 aliphatic carbocycles. The van der Waals surface area contributed by atoms with Crippen LogP contribution in [0.15, 0.2) is 30.5 Å². The van der Waals surface area contributed by atoms with Crippen LogP contribution in [0, 0.1) is 5.92 Å². The van der Waals surface area contributed by atoms with Crippen molar-refractivity contribution in [3.8, 4) is 0 Å². The van der Waals surface area contributed by atoms with E-state index in [-0.39, 0.29) is 19.1 Å². The minimum Gasteiger partial charge on any atom is -0.389 e. The molecule has 1 unspecified atom stereocenters. The van der Waals surface area contributed by atoms with Crippen LogP contribution in [0.4, 0.5) is 0 Å². The Balaban J connectivity index is 1.46. The van der Waals surface area contributed by atoms with Gasteiger partial charge >= 0.3 is 0 Å². The minimum atomic E-state index is -0.665. The molecule has 1 amide bonds. The van der Waals surface area contributed by atoms with Crippen LogP contribution in [0.25, 0.3) is 10.9 Å². The first-order valence-corrected chi connectivity index (χ1v) is 7.33. The number of rotatable bonds is 7. The molecule has 112 valence electrons. The maximum atomic E-state index is 12.0. The van der Waals surface area contributed by atoms with Crippen molar-refractivity contribution in [2.45, 2.75) is 18.9 Å². The third kappa shape index (κ3) is 3.83. The molecule has 0 aliphatic heterocycles. The van der Waals surface area contributed by atoms with Crippen molar-refractivity contribution in [3.63, 3.8) is 0 Å². The molecule has 2 aromatic rings. The zero-order valence-corrected chi connectivity index (χ0v) is 11.8. The lowest BCUT2D eigenvalue weighted by molar-refractivity contribution is 0.0321. The summed E-state index contributed by atoms with van der Waals surface area (Å²) in [6, 6.07) is 7.44. The number of fused-ring (bicyclic) bond motifs is 1. The Morgan fingerprint density at radius 3 is 3.10 bits per heavy atom. The van der Waals surface area contributed by atoms with E-state index < -0.39 is 6.10 Å². The van der Waals surface area contributed by atoms with Gasteiger partial charge in [-0.15, -0.1) is 0 Å². The molecule has 1 aliphatic rings. The lowest BCUT2D eigenvalue weighted by Gasteiger charge is -2.12. The van der Waals surface area contributed by atoms with Gasteiger partial charge in [-0.1, -0.05) is 6.07 Å². The van der Waals surface area contributed by atoms with E-state index in [1.165, 1.54) is 12.8 Å². The molecule has 0 spiro atoms. The second-order valence-electron chi connectivity index (χ2n) is 5.62. The van der Waals surface area contributed by atoms with Crippen LogP contribution in [-0.2, 0) is 4.74 Å². The van der Waals surface area contributed by atoms with Crippen LogP contribution >= 0.6 is 0 Å². The maximum absolute atomic E-state index is 12.0. The van der Waals surface area contributed by atoms with E-state index in [0.717, 1.165) is 10.9 Å². The summed E-state index contributed by atoms with van der Waals surface area (Å²) in [6.45, 7) is 1.19. The molecule has 1 fully saturated rings. The molecule has 1 aromatic heterocycles. The minimum absolute atomic E-state index is 0.187. The Morgan fingerprint density at radius 1 is 1.43 bits per heavy atom. The van der Waals surface area contributed by atoms with Gasteiger partial charge in [-0.05, 0) is 42.3 Å². The molecule has 3 rings (SSSR count). The normalized spacial score (nSPS) is 16.0. The number of nitrogens with one attached hydrogen (secondary N) is 2. The number of hydrogen-bond acceptors (Lipinski definition) is 3. The zero-order valence-electron chi connectivity index (χ0n) is 11.8. The van der Waals surface area contributed by atoms with E-state index in [2.05, 4.69) is 10.3 Å². The highest BCUT2D eigenvalue weighted by Crippen LogP contribution is 2.28. The van der Waals surface area contributed by atoms with Crippen molar-refractivity contribution >= 4 is 16.8 Å². The molecule has 5 heteroatoms. The quantitative estimate of drug-likeness (QED) is 0.725. The molecule has 1 atom stereocenters. The van der Waals surface area contributed by atoms with Gasteiger partial charge in [0, 0.05) is 30.4 Å². The van der Waals surface area contributed by atoms with Crippen LogP contribution in [0.5, 0.6) is 0 Å². The average molecular weight is 288 g/mol. The molecular weight excluding hydrogens is 268 g/mol. The van der Waals surface area contributed by atoms with Crippen molar-refractivity contribution in [1.29, 1.82) is 0 Å². The van der Waals surface area contributed by atoms with E-state index >= 15 is 0 Å². The van der Waals surface area contributed by atoms with E-state index in [1.54, 1.807) is 12.1 Å². The third-order valence-corrected chi connectivity index (χ3v) is 3.68. The van der Waals surface area contributed by atoms with E-state index in [0.29, 0.717) is 18.1 Å². The van der Waals surface area contributed by atoms with E-state index in [9.17, 15) is 9.90 Å². The van der Waals surface area contributed by atoms with Crippen molar-refractivity contribution < 1.29 is 14.6 Å². The monoisotopic (exact) mass is 288 g/mol. The Bertz CT molecular complexity index is 619. The van der Waals surface area contributed by atoms with E-state index in [4.69, 9.17) is 4.74 Å². The van der Waals surface area contributed by atoms with Gasteiger partial charge in [0.25, 0.3) is 5.91 Å². The molecule has 3 N–H and O–H groups in total. The summed E-state index contributed by atoms with van der Waals surface area (Å²) in [5.41, 5.74) is 1.51. The van der Waals surface area contributed by atoms with Gasteiger partial charge in [0.2, 0.25) is 0 Å². The van der Waals surface area contributed by atoms with Crippen LogP contribution in [-0.4, -0.2) is 41.9 Å². The number of benzene rings is 1. The zero-order chi connectivity index (χ0) is 14.7. The maximum Gasteiger partial charge on any atom is 0.251 e. The summed E-state index contributed by atoms with van der Waals surface area (Å²) in [7, 11) is 0. The van der Waals surface area contributed by atoms with Crippen LogP contribution in [0.2, 0.25) is 0 Å². The largest absolute Gasteiger partial charge is 0.389 e. The summed E-state index contributed by atoms with van der Waals surface area (Å²) in [6.07, 6.45) is 3.64. The molecule has 5 nitrogen and oxygen atoms in total. The Labute approximate surface area is 123 Å². The standard InChI is InChI=1S/C16H20N2O3/c19-14(10-21-9-11-1-2-11)8-18-16(20)13-4-3-12-5-6-17-15(12)7-13/h3-7,11,14,17,19H,1-2,8-10H2,(H,18,20). The lowest BCUT2D eigenvalue weighted by atomic mass is 10.1. The third-order valence-electron chi connectivity index (χ3n) is 3.68. The Hall–Kier alpha value is -1.85. The molecule has 0 bridgehead atoms. The number of carbonyl (C=O) groups excluding carboxylic acids is 1.